The maximum Gasteiger partial charge on any atom is 0.305 e. The number of amides is 2. The number of carbonyl (C=O) groups is 3. The molecule has 2 aliphatic heterocycles. The van der Waals surface area contributed by atoms with Gasteiger partial charge < -0.3 is 20.6 Å². The number of aromatic nitrogens is 1. The highest BCUT2D eigenvalue weighted by atomic mass is 16.4. The van der Waals surface area contributed by atoms with Crippen molar-refractivity contribution in [2.24, 2.45) is 11.8 Å². The number of aliphatic carboxylic acids is 1. The molecule has 30 heavy (non-hydrogen) atoms. The molecule has 2 amide bonds. The van der Waals surface area contributed by atoms with E-state index in [0.29, 0.717) is 37.4 Å². The van der Waals surface area contributed by atoms with Crippen molar-refractivity contribution < 1.29 is 19.5 Å². The number of carboxylic acids is 1. The molecule has 0 aliphatic carbocycles. The van der Waals surface area contributed by atoms with Gasteiger partial charge in [0.2, 0.25) is 11.8 Å². The van der Waals surface area contributed by atoms with Crippen molar-refractivity contribution in [3.05, 3.63) is 30.1 Å². The zero-order valence-electron chi connectivity index (χ0n) is 17.4. The molecule has 0 bridgehead atoms. The number of nitrogens with one attached hydrogen (secondary N) is 2. The molecule has 2 fully saturated rings. The average molecular weight is 417 g/mol. The molecule has 1 aromatic heterocycles. The van der Waals surface area contributed by atoms with Gasteiger partial charge in [-0.05, 0) is 62.7 Å². The first-order valence-electron chi connectivity index (χ1n) is 10.9. The molecular formula is C22H32N4O4. The van der Waals surface area contributed by atoms with Gasteiger partial charge in [-0.2, -0.15) is 0 Å². The van der Waals surface area contributed by atoms with E-state index in [2.05, 4.69) is 15.6 Å². The van der Waals surface area contributed by atoms with Crippen LogP contribution in [-0.2, 0) is 14.4 Å². The fourth-order valence-corrected chi connectivity index (χ4v) is 4.37. The highest BCUT2D eigenvalue weighted by molar-refractivity contribution is 5.82. The van der Waals surface area contributed by atoms with Crippen LogP contribution in [0.1, 0.15) is 56.6 Å². The summed E-state index contributed by atoms with van der Waals surface area (Å²) in [5.74, 6) is -0.756. The van der Waals surface area contributed by atoms with Crippen molar-refractivity contribution in [1.29, 1.82) is 0 Å². The molecule has 164 valence electrons. The van der Waals surface area contributed by atoms with Crippen LogP contribution in [0.4, 0.5) is 0 Å². The fourth-order valence-electron chi connectivity index (χ4n) is 4.37. The first-order chi connectivity index (χ1) is 14.5. The van der Waals surface area contributed by atoms with Crippen molar-refractivity contribution >= 4 is 17.8 Å². The van der Waals surface area contributed by atoms with Crippen molar-refractivity contribution in [2.75, 3.05) is 26.2 Å². The van der Waals surface area contributed by atoms with Crippen molar-refractivity contribution in [1.82, 2.24) is 20.5 Å². The topological polar surface area (TPSA) is 112 Å². The summed E-state index contributed by atoms with van der Waals surface area (Å²) in [6.45, 7) is 3.15. The minimum Gasteiger partial charge on any atom is -0.481 e. The van der Waals surface area contributed by atoms with E-state index in [-0.39, 0.29) is 24.2 Å². The van der Waals surface area contributed by atoms with Crippen LogP contribution in [0.15, 0.2) is 24.5 Å². The zero-order chi connectivity index (χ0) is 21.3. The maximum atomic E-state index is 12.9. The molecule has 0 spiro atoms. The molecule has 3 heterocycles. The molecule has 2 aliphatic rings. The predicted molar refractivity (Wildman–Crippen MR) is 112 cm³/mol. The standard InChI is InChI=1S/C22H32N4O4/c27-20(6-5-16-7-10-23-11-8-16)26-12-2-4-18(15-26)22(30)25-19(13-21(28)29)17-3-1-9-24-14-17/h1,3,9,14,16,18-19,23H,2,4-8,10-13,15H2,(H,25,30)(H,28,29)/t18-,19+/m1/s1. The van der Waals surface area contributed by atoms with E-state index in [9.17, 15) is 19.5 Å². The number of pyridine rings is 1. The Morgan fingerprint density at radius 1 is 1.27 bits per heavy atom. The highest BCUT2D eigenvalue weighted by Gasteiger charge is 2.30. The van der Waals surface area contributed by atoms with Crippen molar-refractivity contribution in [2.45, 2.75) is 51.0 Å². The molecule has 0 unspecified atom stereocenters. The Kier molecular flexibility index (Phi) is 8.19. The third-order valence-corrected chi connectivity index (χ3v) is 6.15. The predicted octanol–water partition coefficient (Wildman–Crippen LogP) is 1.73. The van der Waals surface area contributed by atoms with Crippen LogP contribution < -0.4 is 10.6 Å². The Morgan fingerprint density at radius 2 is 2.07 bits per heavy atom. The van der Waals surface area contributed by atoms with Gasteiger partial charge in [-0.3, -0.25) is 19.4 Å². The number of nitrogens with zero attached hydrogens (tertiary/aromatic N) is 2. The lowest BCUT2D eigenvalue weighted by molar-refractivity contribution is -0.138. The second-order valence-corrected chi connectivity index (χ2v) is 8.36. The van der Waals surface area contributed by atoms with E-state index >= 15 is 0 Å². The van der Waals surface area contributed by atoms with Gasteiger partial charge in [-0.1, -0.05) is 6.07 Å². The summed E-state index contributed by atoms with van der Waals surface area (Å²) in [6.07, 6.45) is 8.16. The van der Waals surface area contributed by atoms with Gasteiger partial charge in [0.05, 0.1) is 18.4 Å². The number of likely N-dealkylation sites (tertiary alicyclic amines) is 1. The SMILES string of the molecule is O=C(O)C[C@H](NC(=O)[C@@H]1CCCN(C(=O)CCC2CCNCC2)C1)c1cccnc1. The van der Waals surface area contributed by atoms with Crippen molar-refractivity contribution in [3.8, 4) is 0 Å². The average Bonchev–Trinajstić information content (AvgIpc) is 2.78. The minimum atomic E-state index is -0.984. The van der Waals surface area contributed by atoms with Crippen LogP contribution in [0, 0.1) is 11.8 Å². The van der Waals surface area contributed by atoms with E-state index in [1.165, 1.54) is 0 Å². The molecular weight excluding hydrogens is 384 g/mol. The first kappa shape index (κ1) is 22.2. The Labute approximate surface area is 177 Å². The van der Waals surface area contributed by atoms with Gasteiger partial charge in [0.25, 0.3) is 0 Å². The number of carboxylic acid groups (broad SMARTS) is 1. The number of hydrogen-bond donors (Lipinski definition) is 3. The molecule has 1 aromatic rings. The Balaban J connectivity index is 1.53. The lowest BCUT2D eigenvalue weighted by Crippen LogP contribution is -2.46. The van der Waals surface area contributed by atoms with E-state index in [1.807, 2.05) is 4.90 Å². The van der Waals surface area contributed by atoms with Crippen LogP contribution in [0.3, 0.4) is 0 Å². The van der Waals surface area contributed by atoms with Crippen LogP contribution in [0.25, 0.3) is 0 Å². The van der Waals surface area contributed by atoms with E-state index in [0.717, 1.165) is 38.8 Å². The minimum absolute atomic E-state index is 0.125. The molecule has 2 atom stereocenters. The summed E-state index contributed by atoms with van der Waals surface area (Å²) >= 11 is 0. The molecule has 8 heteroatoms. The smallest absolute Gasteiger partial charge is 0.305 e. The zero-order valence-corrected chi connectivity index (χ0v) is 17.4. The van der Waals surface area contributed by atoms with Gasteiger partial charge in [0, 0.05) is 31.9 Å². The molecule has 3 N–H and O–H groups in total. The van der Waals surface area contributed by atoms with Gasteiger partial charge >= 0.3 is 5.97 Å². The first-order valence-corrected chi connectivity index (χ1v) is 10.9. The molecule has 3 rings (SSSR count). The molecule has 0 aromatic carbocycles. The monoisotopic (exact) mass is 416 g/mol. The number of rotatable bonds is 8. The summed E-state index contributed by atoms with van der Waals surface area (Å²) < 4.78 is 0. The number of carbonyl (C=O) groups excluding carboxylic acids is 2. The fraction of sp³-hybridized carbons (Fsp3) is 0.636. The third-order valence-electron chi connectivity index (χ3n) is 6.15. The van der Waals surface area contributed by atoms with Crippen LogP contribution in [0.2, 0.25) is 0 Å². The molecule has 0 saturated carbocycles. The third kappa shape index (κ3) is 6.52. The Morgan fingerprint density at radius 3 is 2.77 bits per heavy atom. The highest BCUT2D eigenvalue weighted by Crippen LogP contribution is 2.23. The van der Waals surface area contributed by atoms with Gasteiger partial charge in [0.1, 0.15) is 0 Å². The quantitative estimate of drug-likeness (QED) is 0.595. The molecule has 8 nitrogen and oxygen atoms in total. The second-order valence-electron chi connectivity index (χ2n) is 8.36. The summed E-state index contributed by atoms with van der Waals surface area (Å²) in [7, 11) is 0. The van der Waals surface area contributed by atoms with Crippen LogP contribution >= 0.6 is 0 Å². The van der Waals surface area contributed by atoms with E-state index in [4.69, 9.17) is 0 Å². The molecule has 2 saturated heterocycles. The summed E-state index contributed by atoms with van der Waals surface area (Å²) in [5.41, 5.74) is 0.666. The van der Waals surface area contributed by atoms with Crippen LogP contribution in [-0.4, -0.2) is 59.0 Å². The Hall–Kier alpha value is -2.48. The number of piperidine rings is 2. The summed E-state index contributed by atoms with van der Waals surface area (Å²) in [6, 6.07) is 2.85. The van der Waals surface area contributed by atoms with Gasteiger partial charge in [0.15, 0.2) is 0 Å². The summed E-state index contributed by atoms with van der Waals surface area (Å²) in [4.78, 5) is 42.7. The number of hydrogen-bond acceptors (Lipinski definition) is 5. The van der Waals surface area contributed by atoms with Crippen LogP contribution in [0.5, 0.6) is 0 Å². The maximum absolute atomic E-state index is 12.9. The largest absolute Gasteiger partial charge is 0.481 e. The lowest BCUT2D eigenvalue weighted by atomic mass is 9.92. The molecule has 0 radical (unpaired) electrons. The Bertz CT molecular complexity index is 721. The van der Waals surface area contributed by atoms with Gasteiger partial charge in [-0.15, -0.1) is 0 Å². The summed E-state index contributed by atoms with van der Waals surface area (Å²) in [5, 5.41) is 15.4. The van der Waals surface area contributed by atoms with Crippen molar-refractivity contribution in [3.63, 3.8) is 0 Å². The lowest BCUT2D eigenvalue weighted by Gasteiger charge is -2.33. The van der Waals surface area contributed by atoms with Gasteiger partial charge in [-0.25, -0.2) is 0 Å². The van der Waals surface area contributed by atoms with E-state index < -0.39 is 12.0 Å². The normalized spacial score (nSPS) is 21.1. The second kappa shape index (κ2) is 11.1. The van der Waals surface area contributed by atoms with E-state index in [1.54, 1.807) is 24.5 Å².